The third-order valence-electron chi connectivity index (χ3n) is 2.97. The van der Waals surface area contributed by atoms with Crippen molar-refractivity contribution in [1.29, 1.82) is 0 Å². The zero-order valence-corrected chi connectivity index (χ0v) is 13.0. The van der Waals surface area contributed by atoms with Crippen LogP contribution in [0, 0.1) is 0 Å². The fourth-order valence-corrected chi connectivity index (χ4v) is 2.06. The van der Waals surface area contributed by atoms with Crippen LogP contribution in [0.15, 0.2) is 48.5 Å². The third kappa shape index (κ3) is 4.27. The summed E-state index contributed by atoms with van der Waals surface area (Å²) < 4.78 is 4.99. The van der Waals surface area contributed by atoms with Gasteiger partial charge in [0.2, 0.25) is 0 Å². The van der Waals surface area contributed by atoms with E-state index in [9.17, 15) is 14.7 Å². The predicted molar refractivity (Wildman–Crippen MR) is 90.1 cm³/mol. The summed E-state index contributed by atoms with van der Waals surface area (Å²) in [6, 6.07) is 13.0. The highest BCUT2D eigenvalue weighted by atomic mass is 32.1. The predicted octanol–water partition coefficient (Wildman–Crippen LogP) is 2.52. The fourth-order valence-electron chi connectivity index (χ4n) is 1.85. The van der Waals surface area contributed by atoms with Crippen LogP contribution < -0.4 is 15.4 Å². The molecule has 0 spiro atoms. The number of nitrogens with one attached hydrogen (secondary N) is 2. The zero-order valence-electron chi connectivity index (χ0n) is 12.2. The molecule has 0 aliphatic heterocycles. The van der Waals surface area contributed by atoms with Gasteiger partial charge in [-0.3, -0.25) is 10.1 Å². The van der Waals surface area contributed by atoms with E-state index in [-0.39, 0.29) is 22.3 Å². The van der Waals surface area contributed by atoms with E-state index in [1.807, 2.05) is 0 Å². The molecule has 0 aliphatic carbocycles. The normalized spacial score (nSPS) is 9.78. The number of carbonyl (C=O) groups is 2. The first-order valence-corrected chi connectivity index (χ1v) is 7.01. The summed E-state index contributed by atoms with van der Waals surface area (Å²) in [6.07, 6.45) is 0. The van der Waals surface area contributed by atoms with Gasteiger partial charge in [0.05, 0.1) is 18.4 Å². The Morgan fingerprint density at radius 1 is 1.13 bits per heavy atom. The number of thiocarbonyl (C=S) groups is 1. The molecule has 6 nitrogen and oxygen atoms in total. The van der Waals surface area contributed by atoms with E-state index >= 15 is 0 Å². The molecule has 0 radical (unpaired) electrons. The van der Waals surface area contributed by atoms with Gasteiger partial charge in [-0.05, 0) is 42.5 Å². The number of methoxy groups -OCH3 is 1. The van der Waals surface area contributed by atoms with Gasteiger partial charge in [0.25, 0.3) is 5.91 Å². The second kappa shape index (κ2) is 7.37. The number of carboxylic acids is 1. The molecule has 0 atom stereocenters. The van der Waals surface area contributed by atoms with Crippen LogP contribution in [0.25, 0.3) is 0 Å². The molecule has 2 rings (SSSR count). The maximum Gasteiger partial charge on any atom is 0.337 e. The maximum atomic E-state index is 12.0. The van der Waals surface area contributed by atoms with E-state index in [0.29, 0.717) is 11.3 Å². The molecule has 3 N–H and O–H groups in total. The molecule has 0 unspecified atom stereocenters. The molecule has 0 saturated heterocycles. The van der Waals surface area contributed by atoms with Gasteiger partial charge >= 0.3 is 5.97 Å². The Kier molecular flexibility index (Phi) is 5.27. The highest BCUT2D eigenvalue weighted by Gasteiger charge is 2.14. The molecule has 23 heavy (non-hydrogen) atoms. The molecule has 0 saturated carbocycles. The summed E-state index contributed by atoms with van der Waals surface area (Å²) in [6.45, 7) is 0. The molecule has 118 valence electrons. The molecule has 7 heteroatoms. The zero-order chi connectivity index (χ0) is 16.8. The first-order chi connectivity index (χ1) is 11.0. The van der Waals surface area contributed by atoms with E-state index in [4.69, 9.17) is 17.0 Å². The number of amides is 1. The minimum absolute atomic E-state index is 0.00604. The highest BCUT2D eigenvalue weighted by molar-refractivity contribution is 7.80. The number of carbonyl (C=O) groups excluding carboxylic acids is 1. The van der Waals surface area contributed by atoms with Crippen molar-refractivity contribution in [2.75, 3.05) is 12.4 Å². The second-order valence-electron chi connectivity index (χ2n) is 4.49. The van der Waals surface area contributed by atoms with Gasteiger partial charge in [-0.25, -0.2) is 4.79 Å². The van der Waals surface area contributed by atoms with Gasteiger partial charge in [-0.2, -0.15) is 0 Å². The van der Waals surface area contributed by atoms with Gasteiger partial charge in [-0.1, -0.05) is 18.2 Å². The molecular formula is C16H14N2O4S. The summed E-state index contributed by atoms with van der Waals surface area (Å²) in [7, 11) is 1.44. The van der Waals surface area contributed by atoms with Crippen molar-refractivity contribution in [3.63, 3.8) is 0 Å². The fraction of sp³-hybridized carbons (Fsp3) is 0.0625. The Hall–Kier alpha value is -2.93. The van der Waals surface area contributed by atoms with Crippen LogP contribution in [0.5, 0.6) is 5.75 Å². The van der Waals surface area contributed by atoms with E-state index in [1.165, 1.54) is 19.2 Å². The molecule has 0 heterocycles. The van der Waals surface area contributed by atoms with Gasteiger partial charge in [0.1, 0.15) is 5.75 Å². The second-order valence-corrected chi connectivity index (χ2v) is 4.90. The average Bonchev–Trinajstić information content (AvgIpc) is 2.55. The molecule has 0 aromatic heterocycles. The van der Waals surface area contributed by atoms with Crippen LogP contribution in [0.1, 0.15) is 20.7 Å². The Labute approximate surface area is 138 Å². The molecule has 1 amide bonds. The summed E-state index contributed by atoms with van der Waals surface area (Å²) in [5.74, 6) is -1.11. The number of hydrogen-bond acceptors (Lipinski definition) is 4. The van der Waals surface area contributed by atoms with Crippen LogP contribution >= 0.6 is 12.2 Å². The summed E-state index contributed by atoms with van der Waals surface area (Å²) >= 11 is 5.05. The van der Waals surface area contributed by atoms with Crippen LogP contribution in [-0.2, 0) is 0 Å². The minimum atomic E-state index is -1.14. The lowest BCUT2D eigenvalue weighted by atomic mass is 10.1. The summed E-state index contributed by atoms with van der Waals surface area (Å²) in [5.41, 5.74) is 0.696. The van der Waals surface area contributed by atoms with Crippen molar-refractivity contribution in [2.45, 2.75) is 0 Å². The van der Waals surface area contributed by atoms with Crippen molar-refractivity contribution in [3.05, 3.63) is 59.7 Å². The third-order valence-corrected chi connectivity index (χ3v) is 3.17. The number of ether oxygens (including phenoxy) is 1. The number of benzene rings is 2. The van der Waals surface area contributed by atoms with Crippen molar-refractivity contribution >= 4 is 34.9 Å². The van der Waals surface area contributed by atoms with Crippen LogP contribution in [0.4, 0.5) is 5.69 Å². The van der Waals surface area contributed by atoms with E-state index in [2.05, 4.69) is 10.6 Å². The van der Waals surface area contributed by atoms with Gasteiger partial charge in [0, 0.05) is 5.56 Å². The highest BCUT2D eigenvalue weighted by Crippen LogP contribution is 2.22. The smallest absolute Gasteiger partial charge is 0.337 e. The van der Waals surface area contributed by atoms with Crippen LogP contribution in [0.3, 0.4) is 0 Å². The van der Waals surface area contributed by atoms with Crippen molar-refractivity contribution < 1.29 is 19.4 Å². The maximum absolute atomic E-state index is 12.0. The molecule has 0 aliphatic rings. The monoisotopic (exact) mass is 330 g/mol. The van der Waals surface area contributed by atoms with Crippen LogP contribution in [-0.4, -0.2) is 29.2 Å². The number of carboxylic acid groups (broad SMARTS) is 1. The lowest BCUT2D eigenvalue weighted by molar-refractivity contribution is 0.0697. The van der Waals surface area contributed by atoms with E-state index in [0.717, 1.165) is 0 Å². The largest absolute Gasteiger partial charge is 0.497 e. The Bertz CT molecular complexity index is 747. The van der Waals surface area contributed by atoms with Gasteiger partial charge in [-0.15, -0.1) is 0 Å². The molecule has 0 fully saturated rings. The quantitative estimate of drug-likeness (QED) is 0.747. The van der Waals surface area contributed by atoms with Gasteiger partial charge < -0.3 is 15.2 Å². The lowest BCUT2D eigenvalue weighted by Gasteiger charge is -2.12. The van der Waals surface area contributed by atoms with Crippen molar-refractivity contribution in [1.82, 2.24) is 5.32 Å². The van der Waals surface area contributed by atoms with Crippen molar-refractivity contribution in [2.24, 2.45) is 0 Å². The lowest BCUT2D eigenvalue weighted by Crippen LogP contribution is -2.34. The molecular weight excluding hydrogens is 316 g/mol. The average molecular weight is 330 g/mol. The first-order valence-electron chi connectivity index (χ1n) is 6.60. The Balaban J connectivity index is 2.11. The van der Waals surface area contributed by atoms with Crippen molar-refractivity contribution in [3.8, 4) is 5.75 Å². The summed E-state index contributed by atoms with van der Waals surface area (Å²) in [5, 5.41) is 14.4. The molecule has 2 aromatic rings. The van der Waals surface area contributed by atoms with Gasteiger partial charge in [0.15, 0.2) is 5.11 Å². The molecule has 0 bridgehead atoms. The van der Waals surface area contributed by atoms with Crippen LogP contribution in [0.2, 0.25) is 0 Å². The number of aromatic carboxylic acids is 1. The SMILES string of the molecule is COc1ccc(NC(=S)NC(=O)c2ccccc2)c(C(=O)O)c1. The Morgan fingerprint density at radius 3 is 2.43 bits per heavy atom. The topological polar surface area (TPSA) is 87.7 Å². The number of rotatable bonds is 4. The standard InChI is InChI=1S/C16H14N2O4S/c1-22-11-7-8-13(12(9-11)15(20)21)17-16(23)18-14(19)10-5-3-2-4-6-10/h2-9H,1H3,(H,20,21)(H2,17,18,19,23). The molecule has 2 aromatic carbocycles. The minimum Gasteiger partial charge on any atom is -0.497 e. The van der Waals surface area contributed by atoms with E-state index in [1.54, 1.807) is 36.4 Å². The van der Waals surface area contributed by atoms with E-state index < -0.39 is 5.97 Å². The summed E-state index contributed by atoms with van der Waals surface area (Å²) in [4.78, 5) is 23.3. The number of hydrogen-bond donors (Lipinski definition) is 3. The number of anilines is 1. The first kappa shape index (κ1) is 16.4. The Morgan fingerprint density at radius 2 is 1.83 bits per heavy atom.